The number of nitriles is 1. The molecule has 3 aliphatic heterocycles. The second-order valence-electron chi connectivity index (χ2n) is 12.7. The standard InChI is InChI=1S/C37H41N7O3/c1-41-19-8-13-30(41)26-46-36-39-33-24-42(34-15-7-12-28-11-5-6-14-31(28)34)20-17-32(33)35(40-36)43-21-22-44(29(23-43)16-18-38)37(45)47-25-27-9-3-2-4-10-27/h2-7,9-12,14-15,29-30H,8,13,16-17,19-26H2,1H3/t29?,30-/m0/s1. The molecule has 10 nitrogen and oxygen atoms in total. The molecule has 10 heteroatoms. The van der Waals surface area contributed by atoms with Crippen molar-refractivity contribution < 1.29 is 14.3 Å². The van der Waals surface area contributed by atoms with Crippen molar-refractivity contribution in [2.45, 2.75) is 50.9 Å². The van der Waals surface area contributed by atoms with Gasteiger partial charge in [0.05, 0.1) is 30.8 Å². The lowest BCUT2D eigenvalue weighted by Crippen LogP contribution is -2.55. The first-order chi connectivity index (χ1) is 23.1. The lowest BCUT2D eigenvalue weighted by Gasteiger charge is -2.42. The van der Waals surface area contributed by atoms with Gasteiger partial charge in [0.1, 0.15) is 19.0 Å². The van der Waals surface area contributed by atoms with Crippen LogP contribution in [0.1, 0.15) is 36.1 Å². The highest BCUT2D eigenvalue weighted by Crippen LogP contribution is 2.35. The third-order valence-electron chi connectivity index (χ3n) is 9.76. The number of amides is 1. The van der Waals surface area contributed by atoms with E-state index in [0.29, 0.717) is 44.8 Å². The summed E-state index contributed by atoms with van der Waals surface area (Å²) < 4.78 is 12.0. The highest BCUT2D eigenvalue weighted by atomic mass is 16.6. The van der Waals surface area contributed by atoms with E-state index in [9.17, 15) is 10.1 Å². The first kappa shape index (κ1) is 30.8. The first-order valence-corrected chi connectivity index (χ1v) is 16.6. The van der Waals surface area contributed by atoms with E-state index in [2.05, 4.69) is 70.3 Å². The molecular formula is C37H41N7O3. The number of piperazine rings is 1. The van der Waals surface area contributed by atoms with Crippen molar-refractivity contribution in [1.82, 2.24) is 19.8 Å². The first-order valence-electron chi connectivity index (χ1n) is 16.6. The number of aromatic nitrogens is 2. The van der Waals surface area contributed by atoms with E-state index in [1.165, 1.54) is 22.9 Å². The predicted octanol–water partition coefficient (Wildman–Crippen LogP) is 5.41. The van der Waals surface area contributed by atoms with Crippen LogP contribution in [0.25, 0.3) is 10.8 Å². The van der Waals surface area contributed by atoms with Gasteiger partial charge in [0.25, 0.3) is 0 Å². The minimum absolute atomic E-state index is 0.197. The molecule has 2 atom stereocenters. The van der Waals surface area contributed by atoms with Gasteiger partial charge in [-0.1, -0.05) is 66.7 Å². The third-order valence-corrected chi connectivity index (χ3v) is 9.76. The number of anilines is 2. The quantitative estimate of drug-likeness (QED) is 0.253. The summed E-state index contributed by atoms with van der Waals surface area (Å²) in [6.45, 7) is 4.78. The number of carbonyl (C=O) groups excluding carboxylic acids is 1. The number of ether oxygens (including phenoxy) is 2. The second-order valence-corrected chi connectivity index (χ2v) is 12.7. The van der Waals surface area contributed by atoms with Gasteiger partial charge in [-0.15, -0.1) is 0 Å². The summed E-state index contributed by atoms with van der Waals surface area (Å²) in [4.78, 5) is 31.9. The summed E-state index contributed by atoms with van der Waals surface area (Å²) in [5, 5.41) is 12.2. The molecule has 242 valence electrons. The molecule has 4 heterocycles. The topological polar surface area (TPSA) is 98.1 Å². The Balaban J connectivity index is 1.15. The fourth-order valence-electron chi connectivity index (χ4n) is 7.14. The molecule has 3 aromatic carbocycles. The summed E-state index contributed by atoms with van der Waals surface area (Å²) in [7, 11) is 2.14. The summed E-state index contributed by atoms with van der Waals surface area (Å²) in [6.07, 6.45) is 2.85. The van der Waals surface area contributed by atoms with Crippen LogP contribution in [0.15, 0.2) is 72.8 Å². The minimum atomic E-state index is -0.395. The van der Waals surface area contributed by atoms with Gasteiger partial charge in [0.2, 0.25) is 0 Å². The Labute approximate surface area is 276 Å². The molecule has 2 saturated heterocycles. The predicted molar refractivity (Wildman–Crippen MR) is 181 cm³/mol. The molecule has 0 radical (unpaired) electrons. The lowest BCUT2D eigenvalue weighted by molar-refractivity contribution is 0.0767. The van der Waals surface area contributed by atoms with Gasteiger partial charge in [0.15, 0.2) is 0 Å². The van der Waals surface area contributed by atoms with Crippen LogP contribution in [0, 0.1) is 11.3 Å². The molecule has 0 N–H and O–H groups in total. The number of carbonyl (C=O) groups is 1. The van der Waals surface area contributed by atoms with Crippen LogP contribution >= 0.6 is 0 Å². The number of fused-ring (bicyclic) bond motifs is 2. The van der Waals surface area contributed by atoms with Crippen LogP contribution in [0.3, 0.4) is 0 Å². The number of likely N-dealkylation sites (N-methyl/N-ethyl adjacent to an activating group) is 1. The van der Waals surface area contributed by atoms with Crippen LogP contribution in [0.2, 0.25) is 0 Å². The molecular weight excluding hydrogens is 590 g/mol. The zero-order chi connectivity index (χ0) is 32.2. The molecule has 0 aliphatic carbocycles. The highest BCUT2D eigenvalue weighted by molar-refractivity contribution is 5.94. The van der Waals surface area contributed by atoms with E-state index in [0.717, 1.165) is 48.6 Å². The van der Waals surface area contributed by atoms with Crippen LogP contribution in [0.5, 0.6) is 6.01 Å². The Bertz CT molecular complexity index is 1760. The molecule has 1 amide bonds. The van der Waals surface area contributed by atoms with Gasteiger partial charge in [-0.3, -0.25) is 0 Å². The fourth-order valence-corrected chi connectivity index (χ4v) is 7.14. The Kier molecular flexibility index (Phi) is 9.07. The summed E-state index contributed by atoms with van der Waals surface area (Å²) >= 11 is 0. The highest BCUT2D eigenvalue weighted by Gasteiger charge is 2.35. The summed E-state index contributed by atoms with van der Waals surface area (Å²) in [5.74, 6) is 0.850. The Morgan fingerprint density at radius 3 is 2.60 bits per heavy atom. The molecule has 0 spiro atoms. The van der Waals surface area contributed by atoms with Gasteiger partial charge in [-0.2, -0.15) is 15.2 Å². The van der Waals surface area contributed by atoms with Gasteiger partial charge in [0, 0.05) is 48.9 Å². The Morgan fingerprint density at radius 2 is 1.77 bits per heavy atom. The van der Waals surface area contributed by atoms with E-state index in [1.54, 1.807) is 4.90 Å². The average molecular weight is 632 g/mol. The van der Waals surface area contributed by atoms with Crippen molar-refractivity contribution in [3.8, 4) is 12.1 Å². The van der Waals surface area contributed by atoms with Crippen molar-refractivity contribution in [3.05, 3.63) is 89.6 Å². The van der Waals surface area contributed by atoms with Crippen LogP contribution in [-0.4, -0.2) is 84.3 Å². The lowest BCUT2D eigenvalue weighted by atomic mass is 10.0. The van der Waals surface area contributed by atoms with Crippen molar-refractivity contribution >= 4 is 28.4 Å². The molecule has 1 aromatic heterocycles. The van der Waals surface area contributed by atoms with Crippen molar-refractivity contribution in [2.75, 3.05) is 56.2 Å². The van der Waals surface area contributed by atoms with Gasteiger partial charge in [-0.25, -0.2) is 4.79 Å². The van der Waals surface area contributed by atoms with Gasteiger partial charge in [-0.05, 0) is 49.9 Å². The van der Waals surface area contributed by atoms with Crippen molar-refractivity contribution in [2.24, 2.45) is 0 Å². The van der Waals surface area contributed by atoms with E-state index in [1.807, 2.05) is 30.3 Å². The number of nitrogens with zero attached hydrogens (tertiary/aromatic N) is 7. The number of hydrogen-bond acceptors (Lipinski definition) is 9. The maximum atomic E-state index is 13.2. The maximum absolute atomic E-state index is 13.2. The molecule has 3 aliphatic rings. The molecule has 0 saturated carbocycles. The number of hydrogen-bond donors (Lipinski definition) is 0. The molecule has 0 bridgehead atoms. The zero-order valence-corrected chi connectivity index (χ0v) is 26.9. The fraction of sp³-hybridized carbons (Fsp3) is 0.405. The molecule has 47 heavy (non-hydrogen) atoms. The Morgan fingerprint density at radius 1 is 0.936 bits per heavy atom. The van der Waals surface area contributed by atoms with Crippen LogP contribution in [0.4, 0.5) is 16.3 Å². The third kappa shape index (κ3) is 6.67. The maximum Gasteiger partial charge on any atom is 0.410 e. The summed E-state index contributed by atoms with van der Waals surface area (Å²) in [6, 6.07) is 27.3. The summed E-state index contributed by atoms with van der Waals surface area (Å²) in [5.41, 5.74) is 4.20. The number of rotatable bonds is 8. The second kappa shape index (κ2) is 13.9. The van der Waals surface area contributed by atoms with Crippen LogP contribution in [-0.2, 0) is 24.3 Å². The largest absolute Gasteiger partial charge is 0.462 e. The number of likely N-dealkylation sites (tertiary alicyclic amines) is 1. The SMILES string of the molecule is CN1CCC[C@H]1COc1nc2c(c(N3CCN(C(=O)OCc4ccccc4)C(CC#N)C3)n1)CCN(c1cccc3ccccc13)C2. The smallest absolute Gasteiger partial charge is 0.410 e. The van der Waals surface area contributed by atoms with Crippen molar-refractivity contribution in [3.63, 3.8) is 0 Å². The van der Waals surface area contributed by atoms with E-state index in [4.69, 9.17) is 19.4 Å². The van der Waals surface area contributed by atoms with Gasteiger partial charge < -0.3 is 29.1 Å². The van der Waals surface area contributed by atoms with E-state index in [-0.39, 0.29) is 19.1 Å². The van der Waals surface area contributed by atoms with E-state index >= 15 is 0 Å². The molecule has 7 rings (SSSR count). The van der Waals surface area contributed by atoms with Gasteiger partial charge >= 0.3 is 12.1 Å². The van der Waals surface area contributed by atoms with E-state index < -0.39 is 6.09 Å². The molecule has 4 aromatic rings. The minimum Gasteiger partial charge on any atom is -0.462 e. The normalized spacial score (nSPS) is 19.8. The monoisotopic (exact) mass is 631 g/mol. The van der Waals surface area contributed by atoms with Crippen molar-refractivity contribution in [1.29, 1.82) is 5.26 Å². The zero-order valence-electron chi connectivity index (χ0n) is 26.9. The average Bonchev–Trinajstić information content (AvgIpc) is 3.53. The molecule has 2 fully saturated rings. The Hall–Kier alpha value is -4.88. The van der Waals surface area contributed by atoms with Crippen LogP contribution < -0.4 is 14.5 Å². The number of benzene rings is 3. The molecule has 1 unspecified atom stereocenters.